The van der Waals surface area contributed by atoms with Gasteiger partial charge in [0.1, 0.15) is 5.75 Å². The van der Waals surface area contributed by atoms with Crippen LogP contribution >= 0.6 is 11.6 Å². The maximum Gasteiger partial charge on any atom is 0.379 e. The number of carbonyl (C=O) groups excluding carboxylic acids is 2. The predicted octanol–water partition coefficient (Wildman–Crippen LogP) is 1.63. The molecular formula is C11H9ClO4. The zero-order valence-electron chi connectivity index (χ0n) is 8.58. The molecule has 5 heteroatoms. The number of ether oxygens (including phenoxy) is 2. The molecule has 0 saturated heterocycles. The molecular weight excluding hydrogens is 232 g/mol. The molecule has 0 spiro atoms. The Bertz CT molecular complexity index is 467. The van der Waals surface area contributed by atoms with Gasteiger partial charge >= 0.3 is 5.97 Å². The van der Waals surface area contributed by atoms with Gasteiger partial charge in [-0.3, -0.25) is 4.79 Å². The van der Waals surface area contributed by atoms with Gasteiger partial charge in [-0.2, -0.15) is 0 Å². The van der Waals surface area contributed by atoms with Gasteiger partial charge in [-0.25, -0.2) is 4.79 Å². The molecule has 1 aromatic rings. The van der Waals surface area contributed by atoms with Gasteiger partial charge in [-0.05, 0) is 17.7 Å². The summed E-state index contributed by atoms with van der Waals surface area (Å²) < 4.78 is 9.69. The molecule has 1 heterocycles. The molecule has 0 N–H and O–H groups in total. The molecule has 0 aliphatic carbocycles. The summed E-state index contributed by atoms with van der Waals surface area (Å²) in [7, 11) is 1.16. The first-order valence-corrected chi connectivity index (χ1v) is 5.09. The Morgan fingerprint density at radius 2 is 2.19 bits per heavy atom. The Balaban J connectivity index is 2.49. The molecule has 4 nitrogen and oxygen atoms in total. The van der Waals surface area contributed by atoms with Crippen molar-refractivity contribution >= 4 is 23.4 Å². The summed E-state index contributed by atoms with van der Waals surface area (Å²) in [6.45, 7) is 0.497. The number of methoxy groups -OCH3 is 1. The third-order valence-corrected chi connectivity index (χ3v) is 2.58. The first kappa shape index (κ1) is 11.0. The van der Waals surface area contributed by atoms with Crippen molar-refractivity contribution < 1.29 is 19.1 Å². The van der Waals surface area contributed by atoms with Crippen LogP contribution in [0.1, 0.15) is 15.9 Å². The molecule has 84 valence electrons. The lowest BCUT2D eigenvalue weighted by Crippen LogP contribution is -2.16. The fraction of sp³-hybridized carbons (Fsp3) is 0.273. The lowest BCUT2D eigenvalue weighted by molar-refractivity contribution is -0.135. The highest BCUT2D eigenvalue weighted by Crippen LogP contribution is 2.33. The van der Waals surface area contributed by atoms with E-state index in [-0.39, 0.29) is 5.56 Å². The summed E-state index contributed by atoms with van der Waals surface area (Å²) in [5, 5.41) is 0.413. The van der Waals surface area contributed by atoms with E-state index < -0.39 is 11.8 Å². The van der Waals surface area contributed by atoms with Crippen molar-refractivity contribution in [2.75, 3.05) is 13.7 Å². The lowest BCUT2D eigenvalue weighted by atomic mass is 10.0. The highest BCUT2D eigenvalue weighted by molar-refractivity contribution is 6.42. The molecule has 0 unspecified atom stereocenters. The zero-order chi connectivity index (χ0) is 11.7. The quantitative estimate of drug-likeness (QED) is 0.448. The van der Waals surface area contributed by atoms with E-state index in [0.717, 1.165) is 12.7 Å². The SMILES string of the molecule is COC(=O)C(=O)c1cc(Cl)cc2c1OCC2. The molecule has 1 aliphatic heterocycles. The van der Waals surface area contributed by atoms with Crippen LogP contribution in [0.4, 0.5) is 0 Å². The van der Waals surface area contributed by atoms with Crippen LogP contribution in [-0.2, 0) is 16.0 Å². The van der Waals surface area contributed by atoms with Gasteiger partial charge in [0.05, 0.1) is 19.3 Å². The van der Waals surface area contributed by atoms with E-state index in [9.17, 15) is 9.59 Å². The largest absolute Gasteiger partial charge is 0.492 e. The van der Waals surface area contributed by atoms with Crippen molar-refractivity contribution in [1.82, 2.24) is 0 Å². The van der Waals surface area contributed by atoms with Crippen LogP contribution < -0.4 is 4.74 Å². The zero-order valence-corrected chi connectivity index (χ0v) is 9.34. The Labute approximate surface area is 97.1 Å². The average molecular weight is 241 g/mol. The minimum absolute atomic E-state index is 0.173. The smallest absolute Gasteiger partial charge is 0.379 e. The topological polar surface area (TPSA) is 52.6 Å². The molecule has 0 fully saturated rings. The molecule has 1 aromatic carbocycles. The van der Waals surface area contributed by atoms with Gasteiger partial charge in [-0.15, -0.1) is 0 Å². The Morgan fingerprint density at radius 1 is 1.44 bits per heavy atom. The van der Waals surface area contributed by atoms with E-state index >= 15 is 0 Å². The van der Waals surface area contributed by atoms with Crippen molar-refractivity contribution in [1.29, 1.82) is 0 Å². The van der Waals surface area contributed by atoms with Crippen molar-refractivity contribution in [3.05, 3.63) is 28.3 Å². The Kier molecular flexibility index (Phi) is 2.83. The first-order valence-electron chi connectivity index (χ1n) is 4.71. The number of fused-ring (bicyclic) bond motifs is 1. The third kappa shape index (κ3) is 1.76. The highest BCUT2D eigenvalue weighted by atomic mass is 35.5. The van der Waals surface area contributed by atoms with Crippen LogP contribution in [0.25, 0.3) is 0 Å². The fourth-order valence-electron chi connectivity index (χ4n) is 1.64. The van der Waals surface area contributed by atoms with E-state index in [2.05, 4.69) is 4.74 Å². The molecule has 1 aliphatic rings. The van der Waals surface area contributed by atoms with E-state index in [1.807, 2.05) is 0 Å². The van der Waals surface area contributed by atoms with Crippen LogP contribution in [0.2, 0.25) is 5.02 Å². The molecule has 16 heavy (non-hydrogen) atoms. The lowest BCUT2D eigenvalue weighted by Gasteiger charge is -2.06. The van der Waals surface area contributed by atoms with E-state index in [1.165, 1.54) is 6.07 Å². The monoisotopic (exact) mass is 240 g/mol. The number of carbonyl (C=O) groups is 2. The van der Waals surface area contributed by atoms with Crippen LogP contribution in [0, 0.1) is 0 Å². The van der Waals surface area contributed by atoms with Gasteiger partial charge < -0.3 is 9.47 Å². The summed E-state index contributed by atoms with van der Waals surface area (Å²) in [6.07, 6.45) is 0.692. The summed E-state index contributed by atoms with van der Waals surface area (Å²) in [5.41, 5.74) is 1.02. The number of Topliss-reactive ketones (excluding diaryl/α,β-unsaturated/α-hetero) is 1. The maximum absolute atomic E-state index is 11.7. The number of hydrogen-bond acceptors (Lipinski definition) is 4. The molecule has 2 rings (SSSR count). The number of ketones is 1. The number of hydrogen-bond donors (Lipinski definition) is 0. The predicted molar refractivity (Wildman–Crippen MR) is 57.0 cm³/mol. The second kappa shape index (κ2) is 4.14. The number of rotatable bonds is 2. The Morgan fingerprint density at radius 3 is 2.88 bits per heavy atom. The van der Waals surface area contributed by atoms with Gasteiger partial charge in [0, 0.05) is 11.4 Å². The number of esters is 1. The highest BCUT2D eigenvalue weighted by Gasteiger charge is 2.26. The van der Waals surface area contributed by atoms with Crippen LogP contribution in [0.3, 0.4) is 0 Å². The van der Waals surface area contributed by atoms with Gasteiger partial charge in [-0.1, -0.05) is 11.6 Å². The molecule has 0 aromatic heterocycles. The van der Waals surface area contributed by atoms with E-state index in [0.29, 0.717) is 23.8 Å². The van der Waals surface area contributed by atoms with Crippen LogP contribution in [0.15, 0.2) is 12.1 Å². The molecule has 0 bridgehead atoms. The molecule has 0 saturated carbocycles. The molecule has 0 amide bonds. The second-order valence-electron chi connectivity index (χ2n) is 3.36. The summed E-state index contributed by atoms with van der Waals surface area (Å²) in [4.78, 5) is 22.8. The van der Waals surface area contributed by atoms with E-state index in [1.54, 1.807) is 6.07 Å². The van der Waals surface area contributed by atoms with Crippen molar-refractivity contribution in [2.45, 2.75) is 6.42 Å². The van der Waals surface area contributed by atoms with Gasteiger partial charge in [0.2, 0.25) is 0 Å². The summed E-state index contributed by atoms with van der Waals surface area (Å²) in [6, 6.07) is 3.16. The van der Waals surface area contributed by atoms with Crippen molar-refractivity contribution in [2.24, 2.45) is 0 Å². The second-order valence-corrected chi connectivity index (χ2v) is 3.80. The minimum Gasteiger partial charge on any atom is -0.492 e. The Hall–Kier alpha value is -1.55. The third-order valence-electron chi connectivity index (χ3n) is 2.36. The van der Waals surface area contributed by atoms with Crippen LogP contribution in [-0.4, -0.2) is 25.5 Å². The normalized spacial score (nSPS) is 12.9. The fourth-order valence-corrected chi connectivity index (χ4v) is 1.88. The maximum atomic E-state index is 11.7. The van der Waals surface area contributed by atoms with Gasteiger partial charge in [0.25, 0.3) is 5.78 Å². The number of halogens is 1. The van der Waals surface area contributed by atoms with E-state index in [4.69, 9.17) is 16.3 Å². The molecule has 0 atom stereocenters. The number of benzene rings is 1. The van der Waals surface area contributed by atoms with Crippen molar-refractivity contribution in [3.8, 4) is 5.75 Å². The summed E-state index contributed by atoms with van der Waals surface area (Å²) >= 11 is 5.86. The van der Waals surface area contributed by atoms with Crippen molar-refractivity contribution in [3.63, 3.8) is 0 Å². The van der Waals surface area contributed by atoms with Crippen LogP contribution in [0.5, 0.6) is 5.75 Å². The first-order chi connectivity index (χ1) is 7.63. The standard InChI is InChI=1S/C11H9ClO4/c1-15-11(14)9(13)8-5-7(12)4-6-2-3-16-10(6)8/h4-5H,2-3H2,1H3. The molecule has 0 radical (unpaired) electrons. The minimum atomic E-state index is -0.917. The van der Waals surface area contributed by atoms with Gasteiger partial charge in [0.15, 0.2) is 0 Å². The summed E-state index contributed by atoms with van der Waals surface area (Å²) in [5.74, 6) is -1.21. The average Bonchev–Trinajstić information content (AvgIpc) is 2.73.